The summed E-state index contributed by atoms with van der Waals surface area (Å²) in [6.45, 7) is 0.724. The van der Waals surface area contributed by atoms with Crippen molar-refractivity contribution in [3.8, 4) is 0 Å². The van der Waals surface area contributed by atoms with Crippen molar-refractivity contribution in [3.05, 3.63) is 96.6 Å². The zero-order chi connectivity index (χ0) is 23.7. The minimum absolute atomic E-state index is 0. The number of hydrogen-bond acceptors (Lipinski definition) is 2. The molecular weight excluding hydrogens is 501 g/mol. The van der Waals surface area contributed by atoms with E-state index < -0.39 is 7.92 Å². The number of rotatable bonds is 6. The van der Waals surface area contributed by atoms with Gasteiger partial charge in [-0.05, 0) is 49.0 Å². The molecule has 1 heterocycles. The van der Waals surface area contributed by atoms with E-state index in [9.17, 15) is 0 Å². The van der Waals surface area contributed by atoms with Crippen molar-refractivity contribution in [2.75, 3.05) is 6.61 Å². The summed E-state index contributed by atoms with van der Waals surface area (Å²) < 4.78 is 6.23. The second kappa shape index (κ2) is 14.1. The van der Waals surface area contributed by atoms with Crippen molar-refractivity contribution in [3.63, 3.8) is 0 Å². The maximum atomic E-state index is 6.23. The molecule has 2 fully saturated rings. The fraction of sp³-hybridized carbons (Fsp3) is 0.406. The Labute approximate surface area is 229 Å². The summed E-state index contributed by atoms with van der Waals surface area (Å²) in [5.41, 5.74) is 1.94. The van der Waals surface area contributed by atoms with Gasteiger partial charge >= 0.3 is 0 Å². The van der Waals surface area contributed by atoms with Crippen molar-refractivity contribution in [1.29, 1.82) is 0 Å². The van der Waals surface area contributed by atoms with Crippen LogP contribution in [0.4, 0.5) is 0 Å². The molecule has 0 N–H and O–H groups in total. The average Bonchev–Trinajstić information content (AvgIpc) is 3.71. The number of aliphatic imine (C=N–C) groups is 1. The maximum absolute atomic E-state index is 6.23. The molecule has 0 amide bonds. The number of nitrogens with zero attached hydrogens (tertiary/aromatic N) is 1. The van der Waals surface area contributed by atoms with Gasteiger partial charge in [0.1, 0.15) is 6.61 Å². The Morgan fingerprint density at radius 2 is 1.19 bits per heavy atom. The molecule has 0 radical (unpaired) electrons. The Bertz CT molecular complexity index is 1010. The van der Waals surface area contributed by atoms with Crippen molar-refractivity contribution in [2.45, 2.75) is 69.5 Å². The van der Waals surface area contributed by atoms with E-state index in [0.717, 1.165) is 18.9 Å². The Kier molecular flexibility index (Phi) is 10.6. The molecule has 3 atom stereocenters. The molecule has 0 spiro atoms. The molecule has 0 aromatic heterocycles. The van der Waals surface area contributed by atoms with E-state index in [4.69, 9.17) is 9.73 Å². The SMILES string of the molecule is C1CCCC1.[Fe].c1ccc(C[C@H]2COC(C3CCCC3P(c3ccccc3)c3ccccc3)=N2)cc1. The Balaban J connectivity index is 0.000000455. The molecule has 190 valence electrons. The van der Waals surface area contributed by atoms with Crippen LogP contribution in [-0.2, 0) is 28.2 Å². The minimum Gasteiger partial charge on any atom is -0.478 e. The fourth-order valence-corrected chi connectivity index (χ4v) is 8.89. The van der Waals surface area contributed by atoms with E-state index in [-0.39, 0.29) is 23.1 Å². The van der Waals surface area contributed by atoms with Crippen LogP contribution in [0, 0.1) is 5.92 Å². The van der Waals surface area contributed by atoms with Gasteiger partial charge in [0.25, 0.3) is 0 Å². The topological polar surface area (TPSA) is 21.6 Å². The molecule has 2 nitrogen and oxygen atoms in total. The average molecular weight is 539 g/mol. The summed E-state index contributed by atoms with van der Waals surface area (Å²) in [6, 6.07) is 33.1. The van der Waals surface area contributed by atoms with Crippen LogP contribution in [0.1, 0.15) is 56.9 Å². The quantitative estimate of drug-likeness (QED) is 0.238. The first-order valence-electron chi connectivity index (χ1n) is 13.5. The van der Waals surface area contributed by atoms with E-state index in [2.05, 4.69) is 91.0 Å². The summed E-state index contributed by atoms with van der Waals surface area (Å²) in [5.74, 6) is 1.47. The fourth-order valence-electron chi connectivity index (χ4n) is 5.76. The second-order valence-corrected chi connectivity index (χ2v) is 12.5. The Morgan fingerprint density at radius 1 is 0.667 bits per heavy atom. The minimum atomic E-state index is -0.431. The molecule has 1 aliphatic heterocycles. The monoisotopic (exact) mass is 539 g/mol. The van der Waals surface area contributed by atoms with Crippen LogP contribution in [0.3, 0.4) is 0 Å². The van der Waals surface area contributed by atoms with Gasteiger partial charge in [0.15, 0.2) is 5.90 Å². The first-order valence-corrected chi connectivity index (χ1v) is 14.9. The van der Waals surface area contributed by atoms with E-state index in [1.807, 2.05) is 0 Å². The summed E-state index contributed by atoms with van der Waals surface area (Å²) >= 11 is 0. The van der Waals surface area contributed by atoms with E-state index in [1.165, 1.54) is 67.5 Å². The van der Waals surface area contributed by atoms with E-state index >= 15 is 0 Å². The van der Waals surface area contributed by atoms with Gasteiger partial charge in [-0.3, -0.25) is 0 Å². The van der Waals surface area contributed by atoms with Gasteiger partial charge in [0.2, 0.25) is 0 Å². The van der Waals surface area contributed by atoms with Crippen LogP contribution in [0.5, 0.6) is 0 Å². The first kappa shape index (κ1) is 27.1. The third-order valence-corrected chi connectivity index (χ3v) is 10.5. The molecule has 2 unspecified atom stereocenters. The van der Waals surface area contributed by atoms with Gasteiger partial charge in [0, 0.05) is 23.0 Å². The number of ether oxygens (including phenoxy) is 1. The van der Waals surface area contributed by atoms with Crippen molar-refractivity contribution in [2.24, 2.45) is 10.9 Å². The molecule has 36 heavy (non-hydrogen) atoms. The molecule has 3 aromatic carbocycles. The molecule has 6 rings (SSSR count). The summed E-state index contributed by atoms with van der Waals surface area (Å²) in [7, 11) is -0.431. The van der Waals surface area contributed by atoms with Crippen LogP contribution < -0.4 is 10.6 Å². The molecule has 3 aliphatic rings. The predicted octanol–water partition coefficient (Wildman–Crippen LogP) is 7.28. The predicted molar refractivity (Wildman–Crippen MR) is 151 cm³/mol. The molecule has 0 saturated heterocycles. The molecule has 0 bridgehead atoms. The van der Waals surface area contributed by atoms with Crippen molar-refractivity contribution >= 4 is 24.4 Å². The molecule has 2 saturated carbocycles. The van der Waals surface area contributed by atoms with E-state index in [0.29, 0.717) is 11.6 Å². The van der Waals surface area contributed by atoms with Gasteiger partial charge in [-0.25, -0.2) is 4.99 Å². The summed E-state index contributed by atoms with van der Waals surface area (Å²) in [5, 5.41) is 2.94. The zero-order valence-electron chi connectivity index (χ0n) is 21.1. The number of benzene rings is 3. The Hall–Kier alpha value is -1.92. The van der Waals surface area contributed by atoms with Gasteiger partial charge in [-0.1, -0.05) is 130 Å². The van der Waals surface area contributed by atoms with Crippen molar-refractivity contribution < 1.29 is 21.8 Å². The first-order chi connectivity index (χ1) is 17.4. The van der Waals surface area contributed by atoms with Crippen LogP contribution >= 0.6 is 7.92 Å². The normalized spacial score (nSPS) is 22.8. The summed E-state index contributed by atoms with van der Waals surface area (Å²) in [4.78, 5) is 5.09. The summed E-state index contributed by atoms with van der Waals surface area (Å²) in [6.07, 6.45) is 12.2. The third kappa shape index (κ3) is 7.10. The van der Waals surface area contributed by atoms with Crippen molar-refractivity contribution in [1.82, 2.24) is 0 Å². The van der Waals surface area contributed by atoms with Crippen LogP contribution in [0.25, 0.3) is 0 Å². The standard InChI is InChI=1S/C27H28NOP.C5H10.Fe/c1-4-11-21(12-5-1)19-22-20-29-27(28-22)25-17-10-18-26(25)30(23-13-6-2-7-14-23)24-15-8-3-9-16-24;1-2-4-5-3-1;/h1-9,11-16,22,25-26H,10,17-20H2;1-5H2;/t22-,25?,26?;;/m0../s1. The van der Waals surface area contributed by atoms with Gasteiger partial charge in [-0.2, -0.15) is 0 Å². The molecule has 3 aromatic rings. The Morgan fingerprint density at radius 3 is 1.75 bits per heavy atom. The second-order valence-electron chi connectivity index (χ2n) is 10.0. The zero-order valence-corrected chi connectivity index (χ0v) is 23.1. The van der Waals surface area contributed by atoms with E-state index in [1.54, 1.807) is 0 Å². The van der Waals surface area contributed by atoms with Crippen LogP contribution in [0.2, 0.25) is 0 Å². The largest absolute Gasteiger partial charge is 0.478 e. The number of hydrogen-bond donors (Lipinski definition) is 0. The van der Waals surface area contributed by atoms with Gasteiger partial charge < -0.3 is 4.74 Å². The third-order valence-electron chi connectivity index (χ3n) is 7.49. The molecule has 4 heteroatoms. The molecular formula is C32H38FeNOP. The van der Waals surface area contributed by atoms with Crippen LogP contribution in [-0.4, -0.2) is 24.2 Å². The smallest absolute Gasteiger partial charge is 0.187 e. The van der Waals surface area contributed by atoms with Crippen LogP contribution in [0.15, 0.2) is 96.0 Å². The van der Waals surface area contributed by atoms with Gasteiger partial charge in [-0.15, -0.1) is 0 Å². The molecule has 2 aliphatic carbocycles. The maximum Gasteiger partial charge on any atom is 0.187 e. The van der Waals surface area contributed by atoms with Gasteiger partial charge in [0.05, 0.1) is 6.04 Å².